The summed E-state index contributed by atoms with van der Waals surface area (Å²) in [6.07, 6.45) is -7.17. The van der Waals surface area contributed by atoms with Crippen LogP contribution in [0, 0.1) is 23.7 Å². The summed E-state index contributed by atoms with van der Waals surface area (Å²) in [5.41, 5.74) is -2.84. The molecule has 4 heterocycles. The highest BCUT2D eigenvalue weighted by Gasteiger charge is 2.56. The van der Waals surface area contributed by atoms with Gasteiger partial charge in [0.15, 0.2) is 18.9 Å². The van der Waals surface area contributed by atoms with E-state index in [-0.39, 0.29) is 36.9 Å². The van der Waals surface area contributed by atoms with Crippen molar-refractivity contribution in [2.45, 2.75) is 193 Å². The van der Waals surface area contributed by atoms with Gasteiger partial charge < -0.3 is 53.6 Å². The Morgan fingerprint density at radius 2 is 1.63 bits per heavy atom. The third-order valence-electron chi connectivity index (χ3n) is 12.9. The molecule has 4 rings (SSSR count). The van der Waals surface area contributed by atoms with Crippen molar-refractivity contribution in [3.8, 4) is 0 Å². The average Bonchev–Trinajstić information content (AvgIpc) is 3.40. The molecule has 17 atom stereocenters. The van der Waals surface area contributed by atoms with Gasteiger partial charge in [-0.05, 0) is 80.9 Å². The topological polar surface area (TPSA) is 166 Å². The zero-order chi connectivity index (χ0) is 39.2. The van der Waals surface area contributed by atoms with Crippen LogP contribution in [0.1, 0.15) is 109 Å². The fraction of sp³-hybridized carbons (Fsp3) is 0.923. The van der Waals surface area contributed by atoms with Crippen LogP contribution in [0.3, 0.4) is 0 Å². The SMILES string of the molecule is CC[C@H]1OC(=O)[C@H](C)[C@@H](O[C@H]2C[C@@](C)(OC)[C@@H](C)[C@H](O)O2)[C@H](C)[C@@H](O[C@@H]2O[C@H](C)C[C@H](N(C)C(C)C)[C@H]2O)[C@@]2(C)CC(C)=C(O2)[C@H](C)[C@@H](O)[C@]1(C)O. The van der Waals surface area contributed by atoms with Crippen LogP contribution >= 0.6 is 0 Å². The predicted molar refractivity (Wildman–Crippen MR) is 193 cm³/mol. The van der Waals surface area contributed by atoms with E-state index in [2.05, 4.69) is 18.7 Å². The molecule has 302 valence electrons. The van der Waals surface area contributed by atoms with Crippen molar-refractivity contribution >= 4 is 5.97 Å². The summed E-state index contributed by atoms with van der Waals surface area (Å²) in [6.45, 7) is 22.3. The molecule has 0 aliphatic carbocycles. The molecule has 4 aliphatic rings. The van der Waals surface area contributed by atoms with Crippen molar-refractivity contribution in [3.63, 3.8) is 0 Å². The molecule has 3 saturated heterocycles. The monoisotopic (exact) mass is 743 g/mol. The quantitative estimate of drug-likeness (QED) is 0.265. The van der Waals surface area contributed by atoms with E-state index < -0.39 is 89.9 Å². The smallest absolute Gasteiger partial charge is 0.311 e. The summed E-state index contributed by atoms with van der Waals surface area (Å²) in [5, 5.41) is 46.2. The molecule has 4 aliphatic heterocycles. The summed E-state index contributed by atoms with van der Waals surface area (Å²) >= 11 is 0. The molecule has 0 aromatic carbocycles. The zero-order valence-corrected chi connectivity index (χ0v) is 34.0. The Bertz CT molecular complexity index is 1260. The number of methoxy groups -OCH3 is 1. The molecule has 2 bridgehead atoms. The lowest BCUT2D eigenvalue weighted by atomic mass is 9.78. The molecular weight excluding hydrogens is 674 g/mol. The minimum Gasteiger partial charge on any atom is -0.489 e. The number of cyclic esters (lactones) is 1. The number of carbonyl (C=O) groups excluding carboxylic acids is 1. The molecule has 0 unspecified atom stereocenters. The third kappa shape index (κ3) is 8.39. The summed E-state index contributed by atoms with van der Waals surface area (Å²) in [5.74, 6) is -2.75. The Hall–Kier alpha value is -1.39. The van der Waals surface area contributed by atoms with Crippen molar-refractivity contribution in [2.75, 3.05) is 14.2 Å². The summed E-state index contributed by atoms with van der Waals surface area (Å²) < 4.78 is 44.7. The number of rotatable bonds is 8. The van der Waals surface area contributed by atoms with E-state index in [1.807, 2.05) is 48.6 Å². The van der Waals surface area contributed by atoms with Crippen LogP contribution in [-0.2, 0) is 38.0 Å². The van der Waals surface area contributed by atoms with Gasteiger partial charge in [0.1, 0.15) is 35.3 Å². The minimum absolute atomic E-state index is 0.160. The van der Waals surface area contributed by atoms with E-state index in [0.717, 1.165) is 5.57 Å². The maximum Gasteiger partial charge on any atom is 0.311 e. The zero-order valence-electron chi connectivity index (χ0n) is 34.0. The molecule has 13 nitrogen and oxygen atoms in total. The number of likely N-dealkylation sites (N-methyl/N-ethyl adjacent to an activating group) is 1. The van der Waals surface area contributed by atoms with Crippen LogP contribution in [0.25, 0.3) is 0 Å². The second kappa shape index (κ2) is 16.4. The summed E-state index contributed by atoms with van der Waals surface area (Å²) in [6, 6.07) is -0.0883. The van der Waals surface area contributed by atoms with Gasteiger partial charge in [0.25, 0.3) is 0 Å². The van der Waals surface area contributed by atoms with Crippen LogP contribution in [-0.4, -0.2) is 130 Å². The summed E-state index contributed by atoms with van der Waals surface area (Å²) in [7, 11) is 3.56. The first-order valence-corrected chi connectivity index (χ1v) is 19.3. The van der Waals surface area contributed by atoms with Gasteiger partial charge in [0, 0.05) is 49.8 Å². The minimum atomic E-state index is -1.83. The molecular formula is C39H69NO12. The molecule has 4 N–H and O–H groups in total. The molecule has 13 heteroatoms. The van der Waals surface area contributed by atoms with Gasteiger partial charge in [-0.3, -0.25) is 9.69 Å². The first kappa shape index (κ1) is 43.3. The molecule has 0 aromatic rings. The number of nitrogens with zero attached hydrogens (tertiary/aromatic N) is 1. The van der Waals surface area contributed by atoms with Gasteiger partial charge >= 0.3 is 5.97 Å². The Morgan fingerprint density at radius 1 is 1.00 bits per heavy atom. The maximum absolute atomic E-state index is 14.2. The summed E-state index contributed by atoms with van der Waals surface area (Å²) in [4.78, 5) is 16.3. The average molecular weight is 744 g/mol. The predicted octanol–water partition coefficient (Wildman–Crippen LogP) is 3.88. The standard InChI is InChI=1S/C39H69NO12/c1-15-27-39(12,45)32(42)22(6)30-20(4)17-38(11,52-30)33(51-36-29(41)26(16-21(5)47-36)40(13)19(2)3)23(7)31(24(8)34(43)48-27)49-28-18-37(10,46-14)25(9)35(44)50-28/h19,21-29,31-33,35-36,41-42,44-45H,15-18H2,1-14H3/t21-,22+,23+,24-,25+,26+,27-,28-,29-,31+,32-,33-,35-,36+,37-,38-,39-/m1/s1. The fourth-order valence-electron chi connectivity index (χ4n) is 8.90. The molecule has 52 heavy (non-hydrogen) atoms. The highest BCUT2D eigenvalue weighted by atomic mass is 16.7. The van der Waals surface area contributed by atoms with E-state index in [4.69, 9.17) is 33.2 Å². The van der Waals surface area contributed by atoms with Gasteiger partial charge in [0.05, 0.1) is 29.8 Å². The number of aliphatic hydroxyl groups excluding tert-OH is 3. The van der Waals surface area contributed by atoms with E-state index in [1.165, 1.54) is 6.92 Å². The van der Waals surface area contributed by atoms with E-state index in [1.54, 1.807) is 27.9 Å². The molecule has 0 spiro atoms. The van der Waals surface area contributed by atoms with Crippen molar-refractivity contribution in [1.82, 2.24) is 4.90 Å². The Balaban J connectivity index is 1.84. The number of fused-ring (bicyclic) bond motifs is 2. The maximum atomic E-state index is 14.2. The van der Waals surface area contributed by atoms with Crippen LogP contribution < -0.4 is 0 Å². The number of hydrogen-bond donors (Lipinski definition) is 4. The second-order valence-electron chi connectivity index (χ2n) is 17.2. The van der Waals surface area contributed by atoms with Crippen molar-refractivity contribution in [1.29, 1.82) is 0 Å². The van der Waals surface area contributed by atoms with Crippen molar-refractivity contribution in [3.05, 3.63) is 11.3 Å². The molecule has 3 fully saturated rings. The first-order valence-electron chi connectivity index (χ1n) is 19.3. The normalized spacial score (nSPS) is 48.2. The van der Waals surface area contributed by atoms with E-state index >= 15 is 0 Å². The number of ether oxygens (including phenoxy) is 7. The molecule has 0 radical (unpaired) electrons. The lowest BCUT2D eigenvalue weighted by Gasteiger charge is -2.49. The Kier molecular flexibility index (Phi) is 13.6. The van der Waals surface area contributed by atoms with Gasteiger partial charge in [-0.15, -0.1) is 0 Å². The molecule has 0 aromatic heterocycles. The van der Waals surface area contributed by atoms with Crippen LogP contribution in [0.4, 0.5) is 0 Å². The van der Waals surface area contributed by atoms with Crippen LogP contribution in [0.5, 0.6) is 0 Å². The molecule has 0 saturated carbocycles. The van der Waals surface area contributed by atoms with Gasteiger partial charge in [-0.25, -0.2) is 0 Å². The molecule has 0 amide bonds. The third-order valence-corrected chi connectivity index (χ3v) is 12.9. The van der Waals surface area contributed by atoms with Gasteiger partial charge in [-0.1, -0.05) is 27.7 Å². The van der Waals surface area contributed by atoms with E-state index in [0.29, 0.717) is 18.6 Å². The van der Waals surface area contributed by atoms with Gasteiger partial charge in [0.2, 0.25) is 0 Å². The lowest BCUT2D eigenvalue weighted by molar-refractivity contribution is -0.336. The first-order chi connectivity index (χ1) is 24.0. The highest BCUT2D eigenvalue weighted by molar-refractivity contribution is 5.73. The van der Waals surface area contributed by atoms with E-state index in [9.17, 15) is 25.2 Å². The van der Waals surface area contributed by atoms with Crippen molar-refractivity contribution in [2.24, 2.45) is 23.7 Å². The lowest BCUT2D eigenvalue weighted by Crippen LogP contribution is -2.60. The van der Waals surface area contributed by atoms with Crippen LogP contribution in [0.2, 0.25) is 0 Å². The van der Waals surface area contributed by atoms with Crippen molar-refractivity contribution < 1.29 is 58.4 Å². The second-order valence-corrected chi connectivity index (χ2v) is 17.2. The Morgan fingerprint density at radius 3 is 2.21 bits per heavy atom. The number of esters is 1. The highest BCUT2D eigenvalue weighted by Crippen LogP contribution is 2.47. The Labute approximate surface area is 311 Å². The van der Waals surface area contributed by atoms with Gasteiger partial charge in [-0.2, -0.15) is 0 Å². The fourth-order valence-corrected chi connectivity index (χ4v) is 8.90. The van der Waals surface area contributed by atoms with Crippen LogP contribution in [0.15, 0.2) is 11.3 Å². The number of hydrogen-bond acceptors (Lipinski definition) is 13. The number of carbonyl (C=O) groups is 1. The number of aliphatic hydroxyl groups is 4. The largest absolute Gasteiger partial charge is 0.489 e.